The molecule has 3 heterocycles. The maximum absolute atomic E-state index is 13.3. The standard InChI is InChI=1S/C12H9FN6S2/c1-6-9(21-18-14-6)10-15-16-12-19(10)17-11(20-12)7-3-2-4-8(13)5-7/h2-5,12,16H,1H3. The van der Waals surface area contributed by atoms with Gasteiger partial charge >= 0.3 is 0 Å². The van der Waals surface area contributed by atoms with Gasteiger partial charge in [-0.1, -0.05) is 28.4 Å². The molecule has 0 spiro atoms. The van der Waals surface area contributed by atoms with E-state index in [2.05, 4.69) is 25.2 Å². The minimum Gasteiger partial charge on any atom is -0.274 e. The quantitative estimate of drug-likeness (QED) is 0.916. The monoisotopic (exact) mass is 320 g/mol. The number of hydrazone groups is 2. The van der Waals surface area contributed by atoms with Crippen LogP contribution in [0.25, 0.3) is 0 Å². The van der Waals surface area contributed by atoms with E-state index in [1.807, 2.05) is 13.0 Å². The summed E-state index contributed by atoms with van der Waals surface area (Å²) in [5.74, 6) is 0.429. The van der Waals surface area contributed by atoms with Crippen molar-refractivity contribution in [2.75, 3.05) is 0 Å². The summed E-state index contributed by atoms with van der Waals surface area (Å²) >= 11 is 2.78. The summed E-state index contributed by atoms with van der Waals surface area (Å²) in [6.45, 7) is 1.88. The van der Waals surface area contributed by atoms with E-state index in [1.165, 1.54) is 35.4 Å². The number of amidine groups is 1. The molecule has 0 bridgehead atoms. The average molecular weight is 320 g/mol. The summed E-state index contributed by atoms with van der Waals surface area (Å²) in [5, 5.41) is 15.4. The number of hydrogen-bond acceptors (Lipinski definition) is 8. The molecule has 1 atom stereocenters. The summed E-state index contributed by atoms with van der Waals surface area (Å²) in [6.07, 6.45) is 0. The first-order chi connectivity index (χ1) is 10.2. The third kappa shape index (κ3) is 2.09. The Morgan fingerprint density at radius 1 is 1.38 bits per heavy atom. The van der Waals surface area contributed by atoms with Crippen molar-refractivity contribution in [2.24, 2.45) is 10.2 Å². The first kappa shape index (κ1) is 12.7. The van der Waals surface area contributed by atoms with Crippen molar-refractivity contribution >= 4 is 34.2 Å². The Kier molecular flexibility index (Phi) is 2.89. The van der Waals surface area contributed by atoms with E-state index >= 15 is 0 Å². The molecule has 6 nitrogen and oxygen atoms in total. The van der Waals surface area contributed by atoms with Gasteiger partial charge in [0, 0.05) is 5.56 Å². The van der Waals surface area contributed by atoms with Gasteiger partial charge in [-0.15, -0.1) is 5.10 Å². The predicted octanol–water partition coefficient (Wildman–Crippen LogP) is 1.94. The van der Waals surface area contributed by atoms with Gasteiger partial charge in [0.15, 0.2) is 11.3 Å². The summed E-state index contributed by atoms with van der Waals surface area (Å²) in [4.78, 5) is 0.884. The molecule has 0 radical (unpaired) electrons. The van der Waals surface area contributed by atoms with E-state index in [4.69, 9.17) is 0 Å². The highest BCUT2D eigenvalue weighted by Crippen LogP contribution is 2.33. The molecule has 9 heteroatoms. The fourth-order valence-corrected chi connectivity index (χ4v) is 3.68. The van der Waals surface area contributed by atoms with Crippen molar-refractivity contribution in [2.45, 2.75) is 12.4 Å². The first-order valence-corrected chi connectivity index (χ1v) is 7.80. The topological polar surface area (TPSA) is 65.8 Å². The van der Waals surface area contributed by atoms with Crippen LogP contribution in [0.5, 0.6) is 0 Å². The second kappa shape index (κ2) is 4.78. The number of nitrogens with zero attached hydrogens (tertiary/aromatic N) is 5. The molecule has 0 saturated heterocycles. The lowest BCUT2D eigenvalue weighted by Gasteiger charge is -2.12. The van der Waals surface area contributed by atoms with Crippen LogP contribution >= 0.6 is 23.3 Å². The third-order valence-corrected chi connectivity index (χ3v) is 4.96. The number of thioether (sulfide) groups is 1. The van der Waals surface area contributed by atoms with Crippen molar-refractivity contribution in [1.29, 1.82) is 0 Å². The Morgan fingerprint density at radius 3 is 3.05 bits per heavy atom. The van der Waals surface area contributed by atoms with E-state index in [-0.39, 0.29) is 11.3 Å². The zero-order chi connectivity index (χ0) is 14.4. The Hall–Kier alpha value is -2.00. The highest BCUT2D eigenvalue weighted by molar-refractivity contribution is 8.15. The van der Waals surface area contributed by atoms with Crippen molar-refractivity contribution in [3.05, 3.63) is 46.2 Å². The van der Waals surface area contributed by atoms with Gasteiger partial charge in [0.05, 0.1) is 5.69 Å². The Balaban J connectivity index is 1.68. The van der Waals surface area contributed by atoms with Crippen molar-refractivity contribution in [1.82, 2.24) is 20.0 Å². The second-order valence-corrected chi connectivity index (χ2v) is 6.31. The largest absolute Gasteiger partial charge is 0.274 e. The number of aromatic nitrogens is 2. The zero-order valence-electron chi connectivity index (χ0n) is 10.8. The van der Waals surface area contributed by atoms with E-state index in [0.29, 0.717) is 5.84 Å². The summed E-state index contributed by atoms with van der Waals surface area (Å²) in [5.41, 5.74) is 4.49. The molecule has 1 N–H and O–H groups in total. The maximum Gasteiger partial charge on any atom is 0.192 e. The molecule has 4 rings (SSSR count). The highest BCUT2D eigenvalue weighted by Gasteiger charge is 2.37. The van der Waals surface area contributed by atoms with Crippen LogP contribution in [0.4, 0.5) is 4.39 Å². The number of halogens is 1. The Bertz CT molecular complexity index is 771. The summed E-state index contributed by atoms with van der Waals surface area (Å²) < 4.78 is 17.3. The lowest BCUT2D eigenvalue weighted by Crippen LogP contribution is -2.30. The number of aryl methyl sites for hydroxylation is 1. The zero-order valence-corrected chi connectivity index (χ0v) is 12.5. The van der Waals surface area contributed by atoms with Gasteiger partial charge in [-0.05, 0) is 30.6 Å². The SMILES string of the molecule is Cc1nnsc1C1=NNC2SC(c3cccc(F)c3)=NN12. The summed E-state index contributed by atoms with van der Waals surface area (Å²) in [7, 11) is 0. The van der Waals surface area contributed by atoms with Crippen LogP contribution in [-0.2, 0) is 0 Å². The molecule has 0 saturated carbocycles. The van der Waals surface area contributed by atoms with Crippen LogP contribution in [0.2, 0.25) is 0 Å². The Labute approximate surface area is 127 Å². The molecule has 0 amide bonds. The van der Waals surface area contributed by atoms with E-state index < -0.39 is 0 Å². The van der Waals surface area contributed by atoms with Gasteiger partial charge in [0.25, 0.3) is 0 Å². The minimum absolute atomic E-state index is 0.111. The lowest BCUT2D eigenvalue weighted by molar-refractivity contribution is 0.426. The van der Waals surface area contributed by atoms with Crippen LogP contribution in [0, 0.1) is 12.7 Å². The molecule has 0 aliphatic carbocycles. The van der Waals surface area contributed by atoms with Gasteiger partial charge in [0.2, 0.25) is 0 Å². The van der Waals surface area contributed by atoms with Crippen LogP contribution in [0.15, 0.2) is 34.5 Å². The second-order valence-electron chi connectivity index (χ2n) is 4.48. The smallest absolute Gasteiger partial charge is 0.192 e. The predicted molar refractivity (Wildman–Crippen MR) is 80.5 cm³/mol. The van der Waals surface area contributed by atoms with Crippen LogP contribution in [0.3, 0.4) is 0 Å². The summed E-state index contributed by atoms with van der Waals surface area (Å²) in [6, 6.07) is 6.41. The number of nitrogens with one attached hydrogen (secondary N) is 1. The van der Waals surface area contributed by atoms with Gasteiger partial charge < -0.3 is 0 Å². The molecular weight excluding hydrogens is 311 g/mol. The van der Waals surface area contributed by atoms with E-state index in [9.17, 15) is 4.39 Å². The molecule has 1 aromatic carbocycles. The average Bonchev–Trinajstić information content (AvgIpc) is 3.13. The molecule has 106 valence electrons. The molecule has 2 aliphatic rings. The van der Waals surface area contributed by atoms with E-state index in [0.717, 1.165) is 21.2 Å². The molecule has 1 unspecified atom stereocenters. The van der Waals surface area contributed by atoms with Gasteiger partial charge in [-0.2, -0.15) is 10.2 Å². The fourth-order valence-electron chi connectivity index (χ4n) is 2.08. The van der Waals surface area contributed by atoms with Crippen molar-refractivity contribution in [3.63, 3.8) is 0 Å². The molecular formula is C12H9FN6S2. The van der Waals surface area contributed by atoms with Gasteiger partial charge in [-0.25, -0.2) is 9.40 Å². The van der Waals surface area contributed by atoms with Crippen LogP contribution in [0.1, 0.15) is 16.1 Å². The van der Waals surface area contributed by atoms with Crippen LogP contribution in [-0.4, -0.2) is 31.0 Å². The molecule has 2 aliphatic heterocycles. The van der Waals surface area contributed by atoms with E-state index in [1.54, 1.807) is 11.1 Å². The minimum atomic E-state index is -0.271. The van der Waals surface area contributed by atoms with Crippen molar-refractivity contribution in [3.8, 4) is 0 Å². The van der Waals surface area contributed by atoms with Crippen molar-refractivity contribution < 1.29 is 4.39 Å². The molecule has 1 aromatic heterocycles. The van der Waals surface area contributed by atoms with Gasteiger partial charge in [-0.3, -0.25) is 5.43 Å². The number of rotatable bonds is 2. The third-order valence-electron chi connectivity index (χ3n) is 3.07. The Morgan fingerprint density at radius 2 is 2.29 bits per heavy atom. The van der Waals surface area contributed by atoms with Crippen LogP contribution < -0.4 is 5.43 Å². The molecule has 0 fully saturated rings. The number of hydrogen-bond donors (Lipinski definition) is 1. The fraction of sp³-hybridized carbons (Fsp3) is 0.167. The van der Waals surface area contributed by atoms with Gasteiger partial charge in [0.1, 0.15) is 15.7 Å². The lowest BCUT2D eigenvalue weighted by atomic mass is 10.2. The highest BCUT2D eigenvalue weighted by atomic mass is 32.2. The first-order valence-electron chi connectivity index (χ1n) is 6.15. The normalized spacial score (nSPS) is 20.1. The molecule has 2 aromatic rings. The maximum atomic E-state index is 13.3. The number of benzene rings is 1. The molecule has 21 heavy (non-hydrogen) atoms. The number of fused-ring (bicyclic) bond motifs is 1.